The first-order valence-corrected chi connectivity index (χ1v) is 6.05. The molecule has 1 aliphatic rings. The SMILES string of the molecule is CCc1nc(C2CCCCC2)n(C)c1N. The molecule has 0 amide bonds. The first-order valence-electron chi connectivity index (χ1n) is 6.05. The maximum Gasteiger partial charge on any atom is 0.126 e. The topological polar surface area (TPSA) is 43.8 Å². The first-order chi connectivity index (χ1) is 7.24. The van der Waals surface area contributed by atoms with Crippen LogP contribution in [0.4, 0.5) is 5.82 Å². The van der Waals surface area contributed by atoms with Gasteiger partial charge >= 0.3 is 0 Å². The van der Waals surface area contributed by atoms with Crippen LogP contribution in [0.1, 0.15) is 56.5 Å². The molecule has 0 atom stereocenters. The Kier molecular flexibility index (Phi) is 2.98. The molecule has 2 N–H and O–H groups in total. The number of rotatable bonds is 2. The maximum absolute atomic E-state index is 6.02. The average molecular weight is 207 g/mol. The lowest BCUT2D eigenvalue weighted by atomic mass is 9.89. The van der Waals surface area contributed by atoms with Crippen molar-refractivity contribution >= 4 is 5.82 Å². The van der Waals surface area contributed by atoms with Crippen LogP contribution in [0.25, 0.3) is 0 Å². The minimum absolute atomic E-state index is 0.645. The van der Waals surface area contributed by atoms with E-state index < -0.39 is 0 Å². The third-order valence-electron chi connectivity index (χ3n) is 3.56. The molecule has 3 heteroatoms. The van der Waals surface area contributed by atoms with Crippen LogP contribution in [-0.4, -0.2) is 9.55 Å². The van der Waals surface area contributed by atoms with Gasteiger partial charge < -0.3 is 10.3 Å². The summed E-state index contributed by atoms with van der Waals surface area (Å²) in [5, 5.41) is 0. The van der Waals surface area contributed by atoms with Crippen molar-refractivity contribution in [2.24, 2.45) is 7.05 Å². The van der Waals surface area contributed by atoms with E-state index in [1.165, 1.54) is 37.9 Å². The van der Waals surface area contributed by atoms with E-state index in [0.29, 0.717) is 5.92 Å². The van der Waals surface area contributed by atoms with Crippen molar-refractivity contribution in [2.75, 3.05) is 5.73 Å². The summed E-state index contributed by atoms with van der Waals surface area (Å²) < 4.78 is 2.09. The number of nitrogens with two attached hydrogens (primary N) is 1. The molecule has 0 radical (unpaired) electrons. The fourth-order valence-corrected chi connectivity index (χ4v) is 2.57. The van der Waals surface area contributed by atoms with Gasteiger partial charge in [-0.3, -0.25) is 0 Å². The van der Waals surface area contributed by atoms with Crippen LogP contribution in [0.3, 0.4) is 0 Å². The van der Waals surface area contributed by atoms with Gasteiger partial charge in [-0.2, -0.15) is 0 Å². The molecule has 1 fully saturated rings. The number of nitrogens with zero attached hydrogens (tertiary/aromatic N) is 2. The first kappa shape index (κ1) is 10.5. The van der Waals surface area contributed by atoms with Crippen molar-refractivity contribution in [1.29, 1.82) is 0 Å². The standard InChI is InChI=1S/C12H21N3/c1-3-10-11(13)15(2)12(14-10)9-7-5-4-6-8-9/h9H,3-8,13H2,1-2H3. The van der Waals surface area contributed by atoms with E-state index in [-0.39, 0.29) is 0 Å². The van der Waals surface area contributed by atoms with Gasteiger partial charge in [0.2, 0.25) is 0 Å². The van der Waals surface area contributed by atoms with Crippen LogP contribution in [0.2, 0.25) is 0 Å². The van der Waals surface area contributed by atoms with Crippen LogP contribution in [0.5, 0.6) is 0 Å². The van der Waals surface area contributed by atoms with E-state index >= 15 is 0 Å². The molecule has 0 saturated heterocycles. The predicted molar refractivity (Wildman–Crippen MR) is 62.8 cm³/mol. The molecule has 1 aromatic rings. The zero-order chi connectivity index (χ0) is 10.8. The largest absolute Gasteiger partial charge is 0.384 e. The van der Waals surface area contributed by atoms with Gasteiger partial charge in [0.1, 0.15) is 11.6 Å². The second-order valence-corrected chi connectivity index (χ2v) is 4.55. The Morgan fingerprint density at radius 2 is 2.00 bits per heavy atom. The predicted octanol–water partition coefficient (Wildman–Crippen LogP) is 2.61. The number of aryl methyl sites for hydroxylation is 1. The van der Waals surface area contributed by atoms with E-state index in [2.05, 4.69) is 16.5 Å². The molecule has 1 aliphatic carbocycles. The van der Waals surface area contributed by atoms with E-state index in [9.17, 15) is 0 Å². The highest BCUT2D eigenvalue weighted by Gasteiger charge is 2.21. The molecule has 84 valence electrons. The van der Waals surface area contributed by atoms with Crippen molar-refractivity contribution in [3.63, 3.8) is 0 Å². The Bertz CT molecular complexity index is 335. The lowest BCUT2D eigenvalue weighted by Gasteiger charge is -2.21. The number of nitrogen functional groups attached to an aromatic ring is 1. The average Bonchev–Trinajstić information content (AvgIpc) is 2.57. The summed E-state index contributed by atoms with van der Waals surface area (Å²) in [6, 6.07) is 0. The van der Waals surface area contributed by atoms with Gasteiger partial charge in [0.15, 0.2) is 0 Å². The van der Waals surface area contributed by atoms with E-state index in [1.54, 1.807) is 0 Å². The smallest absolute Gasteiger partial charge is 0.126 e. The Balaban J connectivity index is 2.26. The summed E-state index contributed by atoms with van der Waals surface area (Å²) in [5.74, 6) is 2.72. The molecule has 1 aromatic heterocycles. The zero-order valence-corrected chi connectivity index (χ0v) is 9.79. The molecule has 1 heterocycles. The monoisotopic (exact) mass is 207 g/mol. The van der Waals surface area contributed by atoms with Gasteiger partial charge in [0, 0.05) is 13.0 Å². The molecule has 0 aromatic carbocycles. The molecule has 3 nitrogen and oxygen atoms in total. The van der Waals surface area contributed by atoms with Gasteiger partial charge in [0.05, 0.1) is 5.69 Å². The molecule has 0 aliphatic heterocycles. The van der Waals surface area contributed by atoms with Crippen molar-refractivity contribution in [1.82, 2.24) is 9.55 Å². The lowest BCUT2D eigenvalue weighted by molar-refractivity contribution is 0.421. The number of hydrogen-bond acceptors (Lipinski definition) is 2. The number of imidazole rings is 1. The van der Waals surface area contributed by atoms with Gasteiger partial charge in [-0.15, -0.1) is 0 Å². The normalized spacial score (nSPS) is 18.3. The molecule has 15 heavy (non-hydrogen) atoms. The highest BCUT2D eigenvalue weighted by molar-refractivity contribution is 5.38. The third kappa shape index (κ3) is 1.87. The van der Waals surface area contributed by atoms with Gasteiger partial charge in [0.25, 0.3) is 0 Å². The van der Waals surface area contributed by atoms with Crippen molar-refractivity contribution in [2.45, 2.75) is 51.4 Å². The summed E-state index contributed by atoms with van der Waals surface area (Å²) in [6.07, 6.45) is 7.59. The summed E-state index contributed by atoms with van der Waals surface area (Å²) in [7, 11) is 2.05. The van der Waals surface area contributed by atoms with Crippen molar-refractivity contribution in [3.8, 4) is 0 Å². The molecule has 2 rings (SSSR count). The zero-order valence-electron chi connectivity index (χ0n) is 9.79. The Hall–Kier alpha value is -0.990. The third-order valence-corrected chi connectivity index (χ3v) is 3.56. The highest BCUT2D eigenvalue weighted by atomic mass is 15.1. The lowest BCUT2D eigenvalue weighted by Crippen LogP contribution is -2.11. The highest BCUT2D eigenvalue weighted by Crippen LogP contribution is 2.33. The van der Waals surface area contributed by atoms with Crippen LogP contribution >= 0.6 is 0 Å². The Morgan fingerprint density at radius 3 is 2.53 bits per heavy atom. The van der Waals surface area contributed by atoms with Crippen molar-refractivity contribution < 1.29 is 0 Å². The Morgan fingerprint density at radius 1 is 1.33 bits per heavy atom. The second kappa shape index (κ2) is 4.25. The number of hydrogen-bond donors (Lipinski definition) is 1. The number of aromatic nitrogens is 2. The molecular weight excluding hydrogens is 186 g/mol. The van der Waals surface area contributed by atoms with Crippen LogP contribution in [0, 0.1) is 0 Å². The van der Waals surface area contributed by atoms with Crippen LogP contribution < -0.4 is 5.73 Å². The fourth-order valence-electron chi connectivity index (χ4n) is 2.57. The molecular formula is C12H21N3. The summed E-state index contributed by atoms with van der Waals surface area (Å²) in [6.45, 7) is 2.11. The Labute approximate surface area is 91.7 Å². The summed E-state index contributed by atoms with van der Waals surface area (Å²) >= 11 is 0. The summed E-state index contributed by atoms with van der Waals surface area (Å²) in [4.78, 5) is 4.69. The van der Waals surface area contributed by atoms with E-state index in [1.807, 2.05) is 7.05 Å². The minimum Gasteiger partial charge on any atom is -0.384 e. The van der Waals surface area contributed by atoms with Crippen LogP contribution in [-0.2, 0) is 13.5 Å². The van der Waals surface area contributed by atoms with E-state index in [4.69, 9.17) is 5.73 Å². The molecule has 0 spiro atoms. The maximum atomic E-state index is 6.02. The number of anilines is 1. The van der Waals surface area contributed by atoms with Gasteiger partial charge in [-0.05, 0) is 19.3 Å². The molecule has 0 bridgehead atoms. The van der Waals surface area contributed by atoms with Crippen LogP contribution in [0.15, 0.2) is 0 Å². The van der Waals surface area contributed by atoms with Gasteiger partial charge in [-0.1, -0.05) is 26.2 Å². The van der Waals surface area contributed by atoms with Gasteiger partial charge in [-0.25, -0.2) is 4.98 Å². The second-order valence-electron chi connectivity index (χ2n) is 4.55. The minimum atomic E-state index is 0.645. The quantitative estimate of drug-likeness (QED) is 0.810. The molecule has 1 saturated carbocycles. The van der Waals surface area contributed by atoms with E-state index in [0.717, 1.165) is 17.9 Å². The fraction of sp³-hybridized carbons (Fsp3) is 0.750. The molecule has 0 unspecified atom stereocenters. The van der Waals surface area contributed by atoms with Crippen molar-refractivity contribution in [3.05, 3.63) is 11.5 Å². The summed E-state index contributed by atoms with van der Waals surface area (Å²) in [5.41, 5.74) is 7.09.